The molecule has 0 fully saturated rings. The third kappa shape index (κ3) is 5.46. The predicted molar refractivity (Wildman–Crippen MR) is 203 cm³/mol. The van der Waals surface area contributed by atoms with Crippen molar-refractivity contribution in [3.8, 4) is 33.6 Å². The molecule has 8 rings (SSSR count). The van der Waals surface area contributed by atoms with E-state index < -0.39 is 0 Å². The van der Waals surface area contributed by atoms with Gasteiger partial charge in [0.1, 0.15) is 11.3 Å². The zero-order chi connectivity index (χ0) is 32.7. The van der Waals surface area contributed by atoms with Crippen molar-refractivity contribution in [1.82, 2.24) is 0 Å². The molecule has 0 saturated carbocycles. The summed E-state index contributed by atoms with van der Waals surface area (Å²) in [7, 11) is 0. The van der Waals surface area contributed by atoms with Crippen LogP contribution in [0, 0.1) is 0 Å². The standard InChI is InChI=1S/C46H37NO/c1-46(2,3)44-42-20-9-10-22-43(42)48-45(44)36-15-11-18-39(31-36)47(37-16-5-4-6-17-37)38-29-27-33(28-30-38)32-23-25-35(26-24-32)41-21-12-14-34-13-7-8-19-40(34)41/h4-31H,1-3H3. The van der Waals surface area contributed by atoms with Gasteiger partial charge >= 0.3 is 0 Å². The number of nitrogens with zero attached hydrogens (tertiary/aromatic N) is 1. The van der Waals surface area contributed by atoms with Gasteiger partial charge in [-0.25, -0.2) is 0 Å². The first-order valence-electron chi connectivity index (χ1n) is 16.6. The minimum absolute atomic E-state index is 0.0834. The molecule has 0 unspecified atom stereocenters. The number of furan rings is 1. The lowest BCUT2D eigenvalue weighted by Crippen LogP contribution is -2.12. The Labute approximate surface area is 282 Å². The maximum atomic E-state index is 6.56. The number of benzene rings is 7. The van der Waals surface area contributed by atoms with Gasteiger partial charge in [0.2, 0.25) is 0 Å². The second kappa shape index (κ2) is 12.1. The lowest BCUT2D eigenvalue weighted by Gasteiger charge is -2.26. The number of para-hydroxylation sites is 2. The van der Waals surface area contributed by atoms with E-state index >= 15 is 0 Å². The van der Waals surface area contributed by atoms with Crippen molar-refractivity contribution in [3.05, 3.63) is 175 Å². The Hall–Kier alpha value is -5.86. The molecule has 0 aliphatic rings. The van der Waals surface area contributed by atoms with Crippen molar-refractivity contribution in [2.24, 2.45) is 0 Å². The van der Waals surface area contributed by atoms with Crippen molar-refractivity contribution in [2.75, 3.05) is 4.90 Å². The minimum atomic E-state index is -0.0834. The predicted octanol–water partition coefficient (Wildman–Crippen LogP) is 13.4. The van der Waals surface area contributed by atoms with Gasteiger partial charge in [0.25, 0.3) is 0 Å². The second-order valence-corrected chi connectivity index (χ2v) is 13.4. The van der Waals surface area contributed by atoms with E-state index in [0.29, 0.717) is 0 Å². The Morgan fingerprint density at radius 2 is 1.00 bits per heavy atom. The number of hydrogen-bond donors (Lipinski definition) is 0. The van der Waals surface area contributed by atoms with Crippen molar-refractivity contribution in [3.63, 3.8) is 0 Å². The number of fused-ring (bicyclic) bond motifs is 2. The molecule has 1 aromatic heterocycles. The van der Waals surface area contributed by atoms with Crippen LogP contribution >= 0.6 is 0 Å². The van der Waals surface area contributed by atoms with Gasteiger partial charge in [0, 0.05) is 33.6 Å². The summed E-state index contributed by atoms with van der Waals surface area (Å²) in [6.45, 7) is 6.77. The summed E-state index contributed by atoms with van der Waals surface area (Å²) in [5, 5.41) is 3.71. The first kappa shape index (κ1) is 29.5. The van der Waals surface area contributed by atoms with Crippen molar-refractivity contribution >= 4 is 38.8 Å². The zero-order valence-corrected chi connectivity index (χ0v) is 27.5. The SMILES string of the molecule is CC(C)(C)c1c(-c2cccc(N(c3ccccc3)c3ccc(-c4ccc(-c5cccc6ccccc56)cc4)cc3)c2)oc2ccccc12. The number of hydrogen-bond acceptors (Lipinski definition) is 2. The first-order valence-corrected chi connectivity index (χ1v) is 16.6. The molecule has 0 atom stereocenters. The molecule has 0 amide bonds. The van der Waals surface area contributed by atoms with Crippen LogP contribution in [0.2, 0.25) is 0 Å². The van der Waals surface area contributed by atoms with Crippen LogP contribution in [-0.4, -0.2) is 0 Å². The van der Waals surface area contributed by atoms with Gasteiger partial charge in [-0.2, -0.15) is 0 Å². The van der Waals surface area contributed by atoms with Gasteiger partial charge in [0.15, 0.2) is 0 Å². The summed E-state index contributed by atoms with van der Waals surface area (Å²) in [5.41, 5.74) is 11.3. The summed E-state index contributed by atoms with van der Waals surface area (Å²) in [4.78, 5) is 2.32. The summed E-state index contributed by atoms with van der Waals surface area (Å²) in [6.07, 6.45) is 0. The van der Waals surface area contributed by atoms with Gasteiger partial charge < -0.3 is 9.32 Å². The smallest absolute Gasteiger partial charge is 0.139 e. The van der Waals surface area contributed by atoms with Crippen LogP contribution in [0.1, 0.15) is 26.3 Å². The maximum absolute atomic E-state index is 6.56. The molecule has 7 aromatic carbocycles. The van der Waals surface area contributed by atoms with E-state index in [9.17, 15) is 0 Å². The van der Waals surface area contributed by atoms with Gasteiger partial charge in [-0.1, -0.05) is 148 Å². The molecule has 232 valence electrons. The summed E-state index contributed by atoms with van der Waals surface area (Å²) in [6, 6.07) is 60.5. The van der Waals surface area contributed by atoms with Gasteiger partial charge in [0.05, 0.1) is 0 Å². The molecule has 8 aromatic rings. The van der Waals surface area contributed by atoms with Gasteiger partial charge in [-0.3, -0.25) is 0 Å². The molecular weight excluding hydrogens is 583 g/mol. The third-order valence-electron chi connectivity index (χ3n) is 9.17. The van der Waals surface area contributed by atoms with Crippen LogP contribution in [0.25, 0.3) is 55.3 Å². The summed E-state index contributed by atoms with van der Waals surface area (Å²) < 4.78 is 6.56. The highest BCUT2D eigenvalue weighted by molar-refractivity contribution is 5.97. The van der Waals surface area contributed by atoms with E-state index in [1.54, 1.807) is 0 Å². The Morgan fingerprint density at radius 3 is 1.75 bits per heavy atom. The molecule has 0 aliphatic carbocycles. The Bertz CT molecular complexity index is 2350. The molecule has 2 nitrogen and oxygen atoms in total. The van der Waals surface area contributed by atoms with Crippen LogP contribution in [-0.2, 0) is 5.41 Å². The molecular formula is C46H37NO. The highest BCUT2D eigenvalue weighted by Gasteiger charge is 2.26. The fraction of sp³-hybridized carbons (Fsp3) is 0.0870. The van der Waals surface area contributed by atoms with Crippen molar-refractivity contribution in [1.29, 1.82) is 0 Å². The van der Waals surface area contributed by atoms with Crippen LogP contribution in [0.4, 0.5) is 17.1 Å². The highest BCUT2D eigenvalue weighted by atomic mass is 16.3. The molecule has 0 bridgehead atoms. The third-order valence-corrected chi connectivity index (χ3v) is 9.17. The molecule has 1 heterocycles. The Kier molecular flexibility index (Phi) is 7.42. The molecule has 0 spiro atoms. The minimum Gasteiger partial charge on any atom is -0.456 e. The second-order valence-electron chi connectivity index (χ2n) is 13.4. The molecule has 0 N–H and O–H groups in total. The Balaban J connectivity index is 1.15. The lowest BCUT2D eigenvalue weighted by atomic mass is 9.83. The fourth-order valence-corrected chi connectivity index (χ4v) is 6.93. The number of rotatable bonds is 6. The average Bonchev–Trinajstić information content (AvgIpc) is 3.54. The fourth-order valence-electron chi connectivity index (χ4n) is 6.93. The first-order chi connectivity index (χ1) is 23.4. The van der Waals surface area contributed by atoms with Gasteiger partial charge in [-0.15, -0.1) is 0 Å². The van der Waals surface area contributed by atoms with E-state index in [1.807, 2.05) is 6.07 Å². The topological polar surface area (TPSA) is 16.4 Å². The summed E-state index contributed by atoms with van der Waals surface area (Å²) in [5.74, 6) is 0.931. The van der Waals surface area contributed by atoms with E-state index in [0.717, 1.165) is 34.0 Å². The molecule has 2 heteroatoms. The van der Waals surface area contributed by atoms with E-state index in [1.165, 1.54) is 44.0 Å². The molecule has 0 saturated heterocycles. The van der Waals surface area contributed by atoms with E-state index in [2.05, 4.69) is 189 Å². The highest BCUT2D eigenvalue weighted by Crippen LogP contribution is 2.43. The lowest BCUT2D eigenvalue weighted by molar-refractivity contribution is 0.568. The van der Waals surface area contributed by atoms with Crippen LogP contribution in [0.5, 0.6) is 0 Å². The van der Waals surface area contributed by atoms with Crippen LogP contribution < -0.4 is 4.90 Å². The van der Waals surface area contributed by atoms with Gasteiger partial charge in [-0.05, 0) is 80.9 Å². The maximum Gasteiger partial charge on any atom is 0.139 e. The summed E-state index contributed by atoms with van der Waals surface area (Å²) >= 11 is 0. The van der Waals surface area contributed by atoms with Crippen molar-refractivity contribution < 1.29 is 4.42 Å². The molecule has 48 heavy (non-hydrogen) atoms. The average molecular weight is 620 g/mol. The van der Waals surface area contributed by atoms with Crippen LogP contribution in [0.3, 0.4) is 0 Å². The normalized spacial score (nSPS) is 11.6. The van der Waals surface area contributed by atoms with E-state index in [4.69, 9.17) is 4.42 Å². The molecule has 0 aliphatic heterocycles. The quantitative estimate of drug-likeness (QED) is 0.184. The monoisotopic (exact) mass is 619 g/mol. The van der Waals surface area contributed by atoms with Crippen LogP contribution in [0.15, 0.2) is 174 Å². The molecule has 0 radical (unpaired) electrons. The largest absolute Gasteiger partial charge is 0.456 e. The zero-order valence-electron chi connectivity index (χ0n) is 27.5. The number of anilines is 3. The van der Waals surface area contributed by atoms with E-state index in [-0.39, 0.29) is 5.41 Å². The van der Waals surface area contributed by atoms with Crippen molar-refractivity contribution in [2.45, 2.75) is 26.2 Å². The Morgan fingerprint density at radius 1 is 0.438 bits per heavy atom.